The van der Waals surface area contributed by atoms with E-state index >= 15 is 0 Å². The highest BCUT2D eigenvalue weighted by molar-refractivity contribution is 7.45. The Labute approximate surface area is 360 Å². The molecule has 0 aliphatic carbocycles. The largest absolute Gasteiger partial charge is 0.756 e. The summed E-state index contributed by atoms with van der Waals surface area (Å²) in [6.07, 6.45) is 60.7. The van der Waals surface area contributed by atoms with Crippen LogP contribution in [0.15, 0.2) is 134 Å². The maximum atomic E-state index is 12.6. The molecule has 0 saturated heterocycles. The number of unbranched alkanes of at least 4 members (excludes halogenated alkanes) is 2. The first-order valence-electron chi connectivity index (χ1n) is 21.9. The molecule has 9 heteroatoms. The monoisotopic (exact) mass is 838 g/mol. The Morgan fingerprint density at radius 3 is 1.32 bits per heavy atom. The molecule has 0 bridgehead atoms. The van der Waals surface area contributed by atoms with E-state index in [9.17, 15) is 14.3 Å². The molecule has 0 aromatic carbocycles. The number of phosphoric ester groups is 1. The van der Waals surface area contributed by atoms with E-state index < -0.39 is 19.9 Å². The Kier molecular flexibility index (Phi) is 39.0. The maximum Gasteiger partial charge on any atom is 0.306 e. The number of ether oxygens (including phenoxy) is 2. The zero-order chi connectivity index (χ0) is 43.4. The molecule has 0 aliphatic heterocycles. The molecular formula is C50H80NO7P. The minimum Gasteiger partial charge on any atom is -0.756 e. The van der Waals surface area contributed by atoms with E-state index in [1.165, 1.54) is 0 Å². The number of carbonyl (C=O) groups excluding carboxylic acids is 1. The van der Waals surface area contributed by atoms with Crippen molar-refractivity contribution in [3.8, 4) is 0 Å². The van der Waals surface area contributed by atoms with Crippen LogP contribution < -0.4 is 4.89 Å². The van der Waals surface area contributed by atoms with Gasteiger partial charge in [0.05, 0.1) is 34.4 Å². The number of esters is 1. The number of hydrogen-bond acceptors (Lipinski definition) is 7. The molecule has 0 radical (unpaired) electrons. The SMILES string of the molecule is CC/C=C\C/C=C\C/C=C\C/C=C\C/C=C\C/C=C\C/C=C\CCCCOCC(COP(=O)([O-])OCC[N+](C)(C)C)OC(=O)CC/C=C\C/C=C\C/C=C\C/C=C\CC. The van der Waals surface area contributed by atoms with Crippen LogP contribution in [0.4, 0.5) is 0 Å². The summed E-state index contributed by atoms with van der Waals surface area (Å²) < 4.78 is 34.4. The molecule has 332 valence electrons. The quantitative estimate of drug-likeness (QED) is 0.0201. The first kappa shape index (κ1) is 55.6. The number of rotatable bonds is 38. The van der Waals surface area contributed by atoms with Crippen molar-refractivity contribution in [3.05, 3.63) is 134 Å². The highest BCUT2D eigenvalue weighted by Crippen LogP contribution is 2.38. The van der Waals surface area contributed by atoms with Gasteiger partial charge in [0.15, 0.2) is 0 Å². The van der Waals surface area contributed by atoms with Gasteiger partial charge in [-0.05, 0) is 96.3 Å². The van der Waals surface area contributed by atoms with Gasteiger partial charge in [-0.1, -0.05) is 148 Å². The Balaban J connectivity index is 4.41. The number of phosphoric acid groups is 1. The number of allylic oxidation sites excluding steroid dienone is 22. The summed E-state index contributed by atoms with van der Waals surface area (Å²) in [4.78, 5) is 25.0. The normalized spacial score (nSPS) is 15.0. The average molecular weight is 838 g/mol. The second-order valence-corrected chi connectivity index (χ2v) is 16.3. The number of carbonyl (C=O) groups is 1. The van der Waals surface area contributed by atoms with Crippen LogP contribution in [-0.2, 0) is 27.9 Å². The Hall–Kier alpha value is -3.36. The fourth-order valence-electron chi connectivity index (χ4n) is 4.89. The minimum absolute atomic E-state index is 0.00403. The van der Waals surface area contributed by atoms with Crippen molar-refractivity contribution in [1.29, 1.82) is 0 Å². The summed E-state index contributed by atoms with van der Waals surface area (Å²) in [5.41, 5.74) is 0. The van der Waals surface area contributed by atoms with E-state index in [-0.39, 0.29) is 26.2 Å². The summed E-state index contributed by atoms with van der Waals surface area (Å²) in [5.74, 6) is -0.437. The highest BCUT2D eigenvalue weighted by atomic mass is 31.2. The fourth-order valence-corrected chi connectivity index (χ4v) is 5.62. The van der Waals surface area contributed by atoms with Gasteiger partial charge >= 0.3 is 5.97 Å². The Bertz CT molecular complexity index is 1390. The van der Waals surface area contributed by atoms with Crippen molar-refractivity contribution in [2.75, 3.05) is 54.1 Å². The van der Waals surface area contributed by atoms with Crippen molar-refractivity contribution in [1.82, 2.24) is 0 Å². The maximum absolute atomic E-state index is 12.6. The van der Waals surface area contributed by atoms with E-state index in [0.29, 0.717) is 24.1 Å². The summed E-state index contributed by atoms with van der Waals surface area (Å²) in [6.45, 7) is 4.90. The van der Waals surface area contributed by atoms with Crippen LogP contribution in [-0.4, -0.2) is 70.7 Å². The molecule has 0 amide bonds. The molecule has 0 rings (SSSR count). The first-order chi connectivity index (χ1) is 28.6. The second kappa shape index (κ2) is 41.4. The molecule has 59 heavy (non-hydrogen) atoms. The third-order valence-electron chi connectivity index (χ3n) is 8.21. The lowest BCUT2D eigenvalue weighted by atomic mass is 10.2. The lowest BCUT2D eigenvalue weighted by Crippen LogP contribution is -2.37. The average Bonchev–Trinajstić information content (AvgIpc) is 3.19. The van der Waals surface area contributed by atoms with E-state index in [2.05, 4.69) is 135 Å². The van der Waals surface area contributed by atoms with Crippen molar-refractivity contribution >= 4 is 13.8 Å². The third-order valence-corrected chi connectivity index (χ3v) is 9.17. The highest BCUT2D eigenvalue weighted by Gasteiger charge is 2.20. The summed E-state index contributed by atoms with van der Waals surface area (Å²) >= 11 is 0. The minimum atomic E-state index is -4.57. The number of quaternary nitrogens is 1. The van der Waals surface area contributed by atoms with Gasteiger partial charge in [0.2, 0.25) is 0 Å². The van der Waals surface area contributed by atoms with Gasteiger partial charge in [-0.3, -0.25) is 9.36 Å². The van der Waals surface area contributed by atoms with Gasteiger partial charge in [-0.25, -0.2) is 0 Å². The van der Waals surface area contributed by atoms with Crippen molar-refractivity contribution in [2.24, 2.45) is 0 Å². The molecule has 8 nitrogen and oxygen atoms in total. The van der Waals surface area contributed by atoms with Gasteiger partial charge in [0, 0.05) is 13.0 Å². The Morgan fingerprint density at radius 2 is 0.915 bits per heavy atom. The lowest BCUT2D eigenvalue weighted by Gasteiger charge is -2.28. The Morgan fingerprint density at radius 1 is 0.525 bits per heavy atom. The second-order valence-electron chi connectivity index (χ2n) is 14.9. The van der Waals surface area contributed by atoms with E-state index in [1.54, 1.807) is 0 Å². The van der Waals surface area contributed by atoms with E-state index in [4.69, 9.17) is 18.5 Å². The zero-order valence-corrected chi connectivity index (χ0v) is 38.3. The van der Waals surface area contributed by atoms with E-state index in [0.717, 1.165) is 89.9 Å². The molecule has 0 aromatic heterocycles. The molecule has 0 spiro atoms. The molecule has 0 heterocycles. The predicted octanol–water partition coefficient (Wildman–Crippen LogP) is 12.5. The van der Waals surface area contributed by atoms with E-state index in [1.807, 2.05) is 33.3 Å². The smallest absolute Gasteiger partial charge is 0.306 e. The van der Waals surface area contributed by atoms with Crippen LogP contribution in [0.5, 0.6) is 0 Å². The van der Waals surface area contributed by atoms with Crippen LogP contribution in [0.1, 0.15) is 117 Å². The lowest BCUT2D eigenvalue weighted by molar-refractivity contribution is -0.870. The van der Waals surface area contributed by atoms with Crippen molar-refractivity contribution < 1.29 is 37.3 Å². The summed E-state index contributed by atoms with van der Waals surface area (Å²) in [5, 5.41) is 0. The van der Waals surface area contributed by atoms with Crippen LogP contribution in [0.3, 0.4) is 0 Å². The molecule has 0 aliphatic rings. The van der Waals surface area contributed by atoms with Crippen LogP contribution in [0, 0.1) is 0 Å². The standard InChI is InChI=1S/C50H80NO7P/c1-6-8-10-12-14-16-18-20-21-22-23-24-25-26-27-28-29-30-32-34-36-38-40-42-45-55-47-49(48-57-59(53,54)56-46-44-51(3,4)5)58-50(52)43-41-39-37-35-33-31-19-17-15-13-11-9-7-2/h8-11,14-17,20-21,23-24,26-27,29-31,33-34,36-37,39,49H,6-7,12-13,18-19,22,25,28,32,35,38,40-48H2,1-5H3/b10-8-,11-9-,16-14-,17-15-,21-20-,24-23-,27-26-,30-29-,33-31-,36-34-,39-37-. The van der Waals surface area contributed by atoms with Crippen LogP contribution in [0.25, 0.3) is 0 Å². The molecule has 0 N–H and O–H groups in total. The van der Waals surface area contributed by atoms with Gasteiger partial charge in [0.25, 0.3) is 7.82 Å². The molecular weight excluding hydrogens is 758 g/mol. The number of likely N-dealkylation sites (N-methyl/N-ethyl adjacent to an activating group) is 1. The van der Waals surface area contributed by atoms with Gasteiger partial charge in [0.1, 0.15) is 19.3 Å². The molecule has 2 unspecified atom stereocenters. The van der Waals surface area contributed by atoms with Crippen LogP contribution >= 0.6 is 7.82 Å². The van der Waals surface area contributed by atoms with Crippen molar-refractivity contribution in [2.45, 2.75) is 123 Å². The molecule has 0 fully saturated rings. The fraction of sp³-hybridized carbons (Fsp3) is 0.540. The predicted molar refractivity (Wildman–Crippen MR) is 249 cm³/mol. The summed E-state index contributed by atoms with van der Waals surface area (Å²) in [6, 6.07) is 0. The van der Waals surface area contributed by atoms with Crippen molar-refractivity contribution in [3.63, 3.8) is 0 Å². The topological polar surface area (TPSA) is 94.1 Å². The third kappa shape index (κ3) is 45.6. The molecule has 2 atom stereocenters. The zero-order valence-electron chi connectivity index (χ0n) is 37.4. The first-order valence-corrected chi connectivity index (χ1v) is 23.4. The number of nitrogens with zero attached hydrogens (tertiary/aromatic N) is 1. The van der Waals surface area contributed by atoms with Gasteiger partial charge in [-0.2, -0.15) is 0 Å². The summed E-state index contributed by atoms with van der Waals surface area (Å²) in [7, 11) is 1.26. The van der Waals surface area contributed by atoms with Gasteiger partial charge in [-0.15, -0.1) is 0 Å². The molecule has 0 aromatic rings. The molecule has 0 saturated carbocycles. The number of hydrogen-bond donors (Lipinski definition) is 0. The van der Waals surface area contributed by atoms with Crippen LogP contribution in [0.2, 0.25) is 0 Å². The van der Waals surface area contributed by atoms with Gasteiger partial charge < -0.3 is 27.9 Å².